The van der Waals surface area contributed by atoms with Gasteiger partial charge >= 0.3 is 18.2 Å². The Labute approximate surface area is 134 Å². The van der Waals surface area contributed by atoms with Gasteiger partial charge in [-0.15, -0.1) is 3.69 Å². The summed E-state index contributed by atoms with van der Waals surface area (Å²) >= 11 is 3.29. The van der Waals surface area contributed by atoms with Crippen molar-refractivity contribution in [1.82, 2.24) is 0 Å². The Morgan fingerprint density at radius 2 is 1.70 bits per heavy atom. The Bertz CT molecular complexity index is 727. The van der Waals surface area contributed by atoms with E-state index in [0.29, 0.717) is 6.61 Å². The molecule has 3 aromatic rings. The quantitative estimate of drug-likeness (QED) is 0.653. The summed E-state index contributed by atoms with van der Waals surface area (Å²) in [5, 5.41) is 2.53. The molecule has 3 heteroatoms. The molecular formula is C17H13BrMgO. The molecule has 0 saturated heterocycles. The van der Waals surface area contributed by atoms with Crippen LogP contribution in [0.4, 0.5) is 0 Å². The first-order chi connectivity index (χ1) is 9.85. The summed E-state index contributed by atoms with van der Waals surface area (Å²) in [4.78, 5) is 0. The highest BCUT2D eigenvalue weighted by Gasteiger charge is 2.00. The Morgan fingerprint density at radius 1 is 0.850 bits per heavy atom. The number of fused-ring (bicyclic) bond motifs is 1. The van der Waals surface area contributed by atoms with Crippen LogP contribution < -0.4 is 8.43 Å². The molecule has 0 aliphatic carbocycles. The van der Waals surface area contributed by atoms with Gasteiger partial charge in [0.1, 0.15) is 12.4 Å². The molecule has 0 spiro atoms. The van der Waals surface area contributed by atoms with Crippen LogP contribution in [-0.2, 0) is 6.61 Å². The van der Waals surface area contributed by atoms with Gasteiger partial charge in [0.05, 0.1) is 0 Å². The number of ether oxygens (including phenoxy) is 1. The van der Waals surface area contributed by atoms with Gasteiger partial charge in [-0.2, -0.15) is 0 Å². The van der Waals surface area contributed by atoms with Crippen molar-refractivity contribution in [3.63, 3.8) is 0 Å². The van der Waals surface area contributed by atoms with Crippen LogP contribution >= 0.6 is 12.9 Å². The van der Waals surface area contributed by atoms with E-state index in [0.717, 1.165) is 5.75 Å². The molecule has 0 aromatic heterocycles. The molecule has 3 aromatic carbocycles. The molecule has 0 aliphatic heterocycles. The molecule has 0 saturated carbocycles. The van der Waals surface area contributed by atoms with E-state index in [9.17, 15) is 0 Å². The zero-order valence-corrected chi connectivity index (χ0v) is 14.1. The zero-order valence-electron chi connectivity index (χ0n) is 11.1. The largest absolute Gasteiger partial charge is 0.506 e. The van der Waals surface area contributed by atoms with Gasteiger partial charge in [-0.3, -0.25) is 12.9 Å². The molecule has 0 unspecified atom stereocenters. The van der Waals surface area contributed by atoms with Crippen LogP contribution in [0.3, 0.4) is 0 Å². The van der Waals surface area contributed by atoms with Crippen molar-refractivity contribution in [3.05, 3.63) is 72.3 Å². The number of benzene rings is 3. The highest BCUT2D eigenvalue weighted by molar-refractivity contribution is 9.23. The molecule has 3 rings (SSSR count). The van der Waals surface area contributed by atoms with Gasteiger partial charge < -0.3 is 4.74 Å². The lowest BCUT2D eigenvalue weighted by Gasteiger charge is -2.08. The van der Waals surface area contributed by atoms with E-state index >= 15 is 0 Å². The van der Waals surface area contributed by atoms with E-state index < -0.39 is 0 Å². The van der Waals surface area contributed by atoms with E-state index in [1.807, 2.05) is 6.07 Å². The lowest BCUT2D eigenvalue weighted by atomic mass is 10.1. The summed E-state index contributed by atoms with van der Waals surface area (Å²) in [5.74, 6) is 0.947. The highest BCUT2D eigenvalue weighted by atomic mass is 79.9. The molecule has 0 bridgehead atoms. The monoisotopic (exact) mass is 336 g/mol. The van der Waals surface area contributed by atoms with Crippen LogP contribution in [0, 0.1) is 0 Å². The molecule has 1 nitrogen and oxygen atoms in total. The number of hydrogen-bond donors (Lipinski definition) is 0. The Kier molecular flexibility index (Phi) is 4.60. The minimum absolute atomic E-state index is 0.305. The van der Waals surface area contributed by atoms with Crippen LogP contribution in [-0.4, -0.2) is 18.2 Å². The third kappa shape index (κ3) is 3.34. The lowest BCUT2D eigenvalue weighted by molar-refractivity contribution is 0.306. The van der Waals surface area contributed by atoms with Crippen molar-refractivity contribution in [2.75, 3.05) is 0 Å². The van der Waals surface area contributed by atoms with Gasteiger partial charge in [-0.05, 0) is 34.5 Å². The Balaban J connectivity index is 1.76. The molecule has 20 heavy (non-hydrogen) atoms. The second kappa shape index (κ2) is 6.61. The van der Waals surface area contributed by atoms with E-state index in [-0.39, 0.29) is 18.2 Å². The molecule has 0 N–H and O–H groups in total. The van der Waals surface area contributed by atoms with Gasteiger partial charge in [0, 0.05) is 0 Å². The number of halogens is 1. The predicted octanol–water partition coefficient (Wildman–Crippen LogP) is 4.06. The van der Waals surface area contributed by atoms with Crippen LogP contribution in [0.25, 0.3) is 10.8 Å². The van der Waals surface area contributed by atoms with Crippen molar-refractivity contribution < 1.29 is 4.74 Å². The molecule has 0 amide bonds. The normalized spacial score (nSPS) is 10.2. The molecule has 96 valence electrons. The van der Waals surface area contributed by atoms with Gasteiger partial charge in [0.25, 0.3) is 0 Å². The maximum atomic E-state index is 5.88. The maximum Gasteiger partial charge on any atom is 0.506 e. The number of rotatable bonds is 4. The average molecular weight is 337 g/mol. The molecule has 0 atom stereocenters. The summed E-state index contributed by atoms with van der Waals surface area (Å²) in [6.45, 7) is 0.609. The molecule has 0 aliphatic rings. The summed E-state index contributed by atoms with van der Waals surface area (Å²) in [6.07, 6.45) is 0. The Hall–Kier alpha value is -1.03. The minimum Gasteiger partial charge on any atom is -0.489 e. The first-order valence-corrected chi connectivity index (χ1v) is 11.2. The highest BCUT2D eigenvalue weighted by Crippen LogP contribution is 2.17. The maximum absolute atomic E-state index is 5.88. The van der Waals surface area contributed by atoms with E-state index in [1.165, 1.54) is 20.0 Å². The van der Waals surface area contributed by atoms with Gasteiger partial charge in [0.2, 0.25) is 0 Å². The standard InChI is InChI=1S/C17H13O.BrH.Mg/c1-2-8-17(9-3-1)18-13-14-10-11-15-6-4-5-7-16(15)12-14;;/h1-2,4-12H,13H2;1H;/q;;+1/p-1. The second-order valence-corrected chi connectivity index (χ2v) is 7.52. The van der Waals surface area contributed by atoms with Crippen LogP contribution in [0.1, 0.15) is 5.56 Å². The van der Waals surface area contributed by atoms with Crippen molar-refractivity contribution in [3.8, 4) is 5.75 Å². The first-order valence-electron chi connectivity index (χ1n) is 6.60. The fourth-order valence-corrected chi connectivity index (χ4v) is 3.76. The predicted molar refractivity (Wildman–Crippen MR) is 89.0 cm³/mol. The minimum atomic E-state index is -0.305. The molecule has 0 radical (unpaired) electrons. The van der Waals surface area contributed by atoms with Crippen molar-refractivity contribution in [2.24, 2.45) is 0 Å². The van der Waals surface area contributed by atoms with Crippen LogP contribution in [0.5, 0.6) is 5.75 Å². The fraction of sp³-hybridized carbons (Fsp3) is 0.0588. The fourth-order valence-electron chi connectivity index (χ4n) is 2.21. The van der Waals surface area contributed by atoms with E-state index in [2.05, 4.69) is 73.5 Å². The smallest absolute Gasteiger partial charge is 0.489 e. The van der Waals surface area contributed by atoms with Crippen LogP contribution in [0.15, 0.2) is 66.7 Å². The molecule has 0 fully saturated rings. The zero-order chi connectivity index (χ0) is 13.8. The summed E-state index contributed by atoms with van der Waals surface area (Å²) in [5.41, 5.74) is 1.20. The Morgan fingerprint density at radius 3 is 2.55 bits per heavy atom. The molecular weight excluding hydrogens is 324 g/mol. The third-order valence-electron chi connectivity index (χ3n) is 3.27. The van der Waals surface area contributed by atoms with E-state index in [4.69, 9.17) is 4.74 Å². The number of hydrogen-bond acceptors (Lipinski definition) is 1. The third-order valence-corrected chi connectivity index (χ3v) is 5.96. The summed E-state index contributed by atoms with van der Waals surface area (Å²) < 4.78 is 7.25. The summed E-state index contributed by atoms with van der Waals surface area (Å²) in [6, 6.07) is 23.2. The second-order valence-electron chi connectivity index (χ2n) is 4.75. The van der Waals surface area contributed by atoms with Gasteiger partial charge in [-0.1, -0.05) is 48.5 Å². The summed E-state index contributed by atoms with van der Waals surface area (Å²) in [7, 11) is 0. The van der Waals surface area contributed by atoms with E-state index in [1.54, 1.807) is 0 Å². The SMILES string of the molecule is [Br][Mg][c]1cccc(OCc2ccc3ccccc3c2)c1. The van der Waals surface area contributed by atoms with Crippen molar-refractivity contribution in [1.29, 1.82) is 0 Å². The van der Waals surface area contributed by atoms with Crippen LogP contribution in [0.2, 0.25) is 0 Å². The topological polar surface area (TPSA) is 9.23 Å². The van der Waals surface area contributed by atoms with Gasteiger partial charge in [-0.25, -0.2) is 0 Å². The van der Waals surface area contributed by atoms with Crippen molar-refractivity contribution in [2.45, 2.75) is 6.61 Å². The van der Waals surface area contributed by atoms with Crippen molar-refractivity contribution >= 4 is 45.5 Å². The lowest BCUT2D eigenvalue weighted by Crippen LogP contribution is -2.08. The van der Waals surface area contributed by atoms with Gasteiger partial charge in [0.15, 0.2) is 0 Å². The first kappa shape index (κ1) is 13.9. The average Bonchev–Trinajstić information content (AvgIpc) is 2.53. The molecule has 0 heterocycles.